The van der Waals surface area contributed by atoms with Gasteiger partial charge in [0.25, 0.3) is 0 Å². The minimum absolute atomic E-state index is 0. The smallest absolute Gasteiger partial charge is 0 e. The fraction of sp³-hybridized carbons (Fsp3) is 0.667. The third kappa shape index (κ3) is 1.51. The zero-order chi connectivity index (χ0) is 2.83. The largest absolute Gasteiger partial charge is 0.554 e. The molecule has 0 aromatic rings. The van der Waals surface area contributed by atoms with E-state index in [1.54, 1.807) is 6.61 Å². The van der Waals surface area contributed by atoms with E-state index < -0.39 is 0 Å². The number of hydrogen-bond acceptors (Lipinski definition) is 1. The summed E-state index contributed by atoms with van der Waals surface area (Å²) >= 11 is 0. The second kappa shape index (κ2) is 2.86. The predicted octanol–water partition coefficient (Wildman–Crippen LogP) is 0.566. The maximum Gasteiger partial charge on any atom is 0 e. The molecule has 1 nitrogen and oxygen atoms in total. The first-order valence-corrected chi connectivity index (χ1v) is 1.43. The van der Waals surface area contributed by atoms with E-state index in [1.807, 2.05) is 0 Å². The predicted molar refractivity (Wildman–Crippen MR) is 14.9 cm³/mol. The third-order valence-corrected chi connectivity index (χ3v) is 0.471. The van der Waals surface area contributed by atoms with Crippen LogP contribution in [0.25, 0.3) is 0 Å². The van der Waals surface area contributed by atoms with Crippen molar-refractivity contribution in [2.75, 3.05) is 6.61 Å². The standard InChI is InChI=1S/C3H5O.Mo/c1-2-4-3-1;/h2H,1,3H2;/q-1;. The molecule has 30 valence electrons. The maximum absolute atomic E-state index is 4.60. The minimum Gasteiger partial charge on any atom is -0.554 e. The van der Waals surface area contributed by atoms with Crippen molar-refractivity contribution >= 4 is 0 Å². The van der Waals surface area contributed by atoms with Gasteiger partial charge in [-0.1, -0.05) is 0 Å². The summed E-state index contributed by atoms with van der Waals surface area (Å²) in [4.78, 5) is 0. The first kappa shape index (κ1) is 5.65. The fourth-order valence-electron chi connectivity index (χ4n) is 0.118. The molecule has 1 fully saturated rings. The maximum atomic E-state index is 4.60. The van der Waals surface area contributed by atoms with Crippen LogP contribution in [0.1, 0.15) is 6.42 Å². The van der Waals surface area contributed by atoms with E-state index in [4.69, 9.17) is 0 Å². The van der Waals surface area contributed by atoms with Gasteiger partial charge < -0.3 is 4.74 Å². The number of ether oxygens (including phenoxy) is 1. The van der Waals surface area contributed by atoms with Crippen LogP contribution in [0.2, 0.25) is 0 Å². The summed E-state index contributed by atoms with van der Waals surface area (Å²) in [7, 11) is 0. The molecular formula is C3H5MoO-. The monoisotopic (exact) mass is 155 g/mol. The molecule has 0 unspecified atom stereocenters. The Balaban J connectivity index is 0.000000160. The molecule has 2 heteroatoms. The molecule has 0 aliphatic carbocycles. The van der Waals surface area contributed by atoms with Gasteiger partial charge in [-0.3, -0.25) is 0 Å². The Bertz CT molecular complexity index is 14.9. The Morgan fingerprint density at radius 3 is 1.80 bits per heavy atom. The van der Waals surface area contributed by atoms with Crippen LogP contribution in [-0.2, 0) is 25.8 Å². The van der Waals surface area contributed by atoms with E-state index in [0.717, 1.165) is 13.0 Å². The van der Waals surface area contributed by atoms with Gasteiger partial charge in [0.15, 0.2) is 0 Å². The van der Waals surface area contributed by atoms with Gasteiger partial charge >= 0.3 is 0 Å². The van der Waals surface area contributed by atoms with Crippen molar-refractivity contribution < 1.29 is 25.8 Å². The van der Waals surface area contributed by atoms with Gasteiger partial charge in [-0.15, -0.1) is 6.42 Å². The molecule has 1 aliphatic rings. The Morgan fingerprint density at radius 1 is 1.60 bits per heavy atom. The van der Waals surface area contributed by atoms with Crippen LogP contribution in [0, 0.1) is 6.61 Å². The molecule has 0 N–H and O–H groups in total. The van der Waals surface area contributed by atoms with Crippen molar-refractivity contribution in [3.63, 3.8) is 0 Å². The molecule has 0 spiro atoms. The van der Waals surface area contributed by atoms with Gasteiger partial charge in [-0.05, 0) is 6.61 Å². The van der Waals surface area contributed by atoms with Crippen molar-refractivity contribution in [3.8, 4) is 0 Å². The van der Waals surface area contributed by atoms with Crippen molar-refractivity contribution in [2.45, 2.75) is 6.42 Å². The van der Waals surface area contributed by atoms with E-state index in [1.165, 1.54) is 0 Å². The summed E-state index contributed by atoms with van der Waals surface area (Å²) in [6.07, 6.45) is 1.15. The summed E-state index contributed by atoms with van der Waals surface area (Å²) in [5.41, 5.74) is 0. The topological polar surface area (TPSA) is 9.23 Å². The van der Waals surface area contributed by atoms with Gasteiger partial charge in [0.2, 0.25) is 0 Å². The Hall–Kier alpha value is 0.648. The molecule has 0 atom stereocenters. The molecule has 1 rings (SSSR count). The van der Waals surface area contributed by atoms with Gasteiger partial charge in [0.05, 0.1) is 0 Å². The second-order valence-corrected chi connectivity index (χ2v) is 0.826. The van der Waals surface area contributed by atoms with Crippen molar-refractivity contribution in [1.29, 1.82) is 0 Å². The Morgan fingerprint density at radius 2 is 1.80 bits per heavy atom. The van der Waals surface area contributed by atoms with Crippen LogP contribution in [0.15, 0.2) is 0 Å². The molecule has 0 amide bonds. The average Bonchev–Trinajstić information content (AvgIpc) is 0.722. The van der Waals surface area contributed by atoms with Gasteiger partial charge in [0.1, 0.15) is 0 Å². The summed E-state index contributed by atoms with van der Waals surface area (Å²) in [6.45, 7) is 2.75. The van der Waals surface area contributed by atoms with Crippen LogP contribution < -0.4 is 0 Å². The second-order valence-electron chi connectivity index (χ2n) is 0.826. The summed E-state index contributed by atoms with van der Waals surface area (Å²) < 4.78 is 4.60. The van der Waals surface area contributed by atoms with Crippen LogP contribution in [0.4, 0.5) is 0 Å². The number of hydrogen-bond donors (Lipinski definition) is 0. The SMILES string of the molecule is [CH-]1CCO1.[Mo]. The molecule has 0 aromatic heterocycles. The van der Waals surface area contributed by atoms with Crippen LogP contribution in [0.5, 0.6) is 0 Å². The molecule has 0 saturated carbocycles. The quantitative estimate of drug-likeness (QED) is 0.365. The molecule has 1 heterocycles. The first-order chi connectivity index (χ1) is 2.00. The Kier molecular flexibility index (Phi) is 3.23. The third-order valence-electron chi connectivity index (χ3n) is 0.471. The zero-order valence-corrected chi connectivity index (χ0v) is 4.82. The first-order valence-electron chi connectivity index (χ1n) is 1.43. The Labute approximate surface area is 46.0 Å². The summed E-state index contributed by atoms with van der Waals surface area (Å²) in [5.74, 6) is 0. The van der Waals surface area contributed by atoms with Crippen molar-refractivity contribution in [3.05, 3.63) is 6.61 Å². The summed E-state index contributed by atoms with van der Waals surface area (Å²) in [6, 6.07) is 0. The van der Waals surface area contributed by atoms with Crippen LogP contribution >= 0.6 is 0 Å². The molecular weight excluding hydrogens is 148 g/mol. The summed E-state index contributed by atoms with van der Waals surface area (Å²) in [5, 5.41) is 0. The normalized spacial score (nSPS) is 19.2. The van der Waals surface area contributed by atoms with E-state index in [2.05, 4.69) is 4.74 Å². The molecule has 1 saturated heterocycles. The molecule has 5 heavy (non-hydrogen) atoms. The number of rotatable bonds is 0. The average molecular weight is 153 g/mol. The fourth-order valence-corrected chi connectivity index (χ4v) is 0.118. The molecule has 1 aliphatic heterocycles. The van der Waals surface area contributed by atoms with Crippen molar-refractivity contribution in [2.24, 2.45) is 0 Å². The molecule has 0 bridgehead atoms. The van der Waals surface area contributed by atoms with E-state index >= 15 is 0 Å². The van der Waals surface area contributed by atoms with Crippen molar-refractivity contribution in [1.82, 2.24) is 0 Å². The molecule has 0 radical (unpaired) electrons. The van der Waals surface area contributed by atoms with Crippen LogP contribution in [0.3, 0.4) is 0 Å². The molecule has 0 aromatic carbocycles. The van der Waals surface area contributed by atoms with E-state index in [0.29, 0.717) is 0 Å². The zero-order valence-electron chi connectivity index (χ0n) is 2.81. The van der Waals surface area contributed by atoms with E-state index in [-0.39, 0.29) is 21.1 Å². The van der Waals surface area contributed by atoms with E-state index in [9.17, 15) is 0 Å². The van der Waals surface area contributed by atoms with Gasteiger partial charge in [0, 0.05) is 21.1 Å². The van der Waals surface area contributed by atoms with Gasteiger partial charge in [-0.2, -0.15) is 0 Å². The van der Waals surface area contributed by atoms with Crippen LogP contribution in [-0.4, -0.2) is 6.61 Å². The minimum atomic E-state index is 0. The van der Waals surface area contributed by atoms with Gasteiger partial charge in [-0.25, -0.2) is 6.61 Å².